The maximum absolute atomic E-state index is 11.8. The lowest BCUT2D eigenvalue weighted by Gasteiger charge is -2.05. The molecule has 0 saturated heterocycles. The van der Waals surface area contributed by atoms with Crippen molar-refractivity contribution in [2.24, 2.45) is 0 Å². The molecule has 0 spiro atoms. The first-order valence-electron chi connectivity index (χ1n) is 10.6. The molecule has 0 aromatic carbocycles. The highest BCUT2D eigenvalue weighted by Gasteiger charge is 2.09. The quantitative estimate of drug-likeness (QED) is 0.266. The molecule has 0 fully saturated rings. The number of unbranched alkanes of at least 4 members (excludes halogenated alkanes) is 11. The van der Waals surface area contributed by atoms with Crippen LogP contribution < -0.4 is 0 Å². The molecule has 0 aromatic heterocycles. The van der Waals surface area contributed by atoms with E-state index in [1.165, 1.54) is 38.5 Å². The Morgan fingerprint density at radius 1 is 0.560 bits per heavy atom. The summed E-state index contributed by atoms with van der Waals surface area (Å²) in [6, 6.07) is 0. The van der Waals surface area contributed by atoms with Crippen LogP contribution >= 0.6 is 0 Å². The Balaban J connectivity index is 3.35. The minimum atomic E-state index is -2.80. The van der Waals surface area contributed by atoms with Crippen LogP contribution in [0.25, 0.3) is 0 Å². The van der Waals surface area contributed by atoms with Crippen LogP contribution in [-0.4, -0.2) is 35.6 Å². The average Bonchev–Trinajstić information content (AvgIpc) is 2.57. The molecular formula is C20H42O3S2. The molecule has 0 amide bonds. The van der Waals surface area contributed by atoms with Gasteiger partial charge in [-0.15, -0.1) is 0 Å². The second kappa shape index (κ2) is 17.5. The average molecular weight is 395 g/mol. The van der Waals surface area contributed by atoms with Gasteiger partial charge in [-0.2, -0.15) is 0 Å². The molecule has 1 atom stereocenters. The number of rotatable bonds is 19. The Bertz CT molecular complexity index is 405. The third-order valence-corrected chi connectivity index (χ3v) is 7.92. The molecule has 0 N–H and O–H groups in total. The predicted molar refractivity (Wildman–Crippen MR) is 113 cm³/mol. The van der Waals surface area contributed by atoms with Gasteiger partial charge in [0.05, 0.1) is 11.5 Å². The summed E-state index contributed by atoms with van der Waals surface area (Å²) in [5.41, 5.74) is 0. The van der Waals surface area contributed by atoms with Crippen LogP contribution in [0, 0.1) is 0 Å². The van der Waals surface area contributed by atoms with Gasteiger partial charge >= 0.3 is 0 Å². The lowest BCUT2D eigenvalue weighted by Crippen LogP contribution is -2.11. The van der Waals surface area contributed by atoms with E-state index >= 15 is 0 Å². The second-order valence-corrected chi connectivity index (χ2v) is 11.2. The van der Waals surface area contributed by atoms with Gasteiger partial charge in [0.15, 0.2) is 0 Å². The molecule has 0 radical (unpaired) electrons. The van der Waals surface area contributed by atoms with Crippen LogP contribution in [0.4, 0.5) is 0 Å². The van der Waals surface area contributed by atoms with E-state index in [0.717, 1.165) is 62.9 Å². The smallest absolute Gasteiger partial charge is 0.150 e. The summed E-state index contributed by atoms with van der Waals surface area (Å²) in [5, 5.41) is 0. The summed E-state index contributed by atoms with van der Waals surface area (Å²) >= 11 is 0. The van der Waals surface area contributed by atoms with Crippen molar-refractivity contribution in [3.05, 3.63) is 0 Å². The highest BCUT2D eigenvalue weighted by molar-refractivity contribution is 7.91. The molecule has 25 heavy (non-hydrogen) atoms. The van der Waals surface area contributed by atoms with E-state index in [-0.39, 0.29) is 0 Å². The van der Waals surface area contributed by atoms with Gasteiger partial charge in [0.25, 0.3) is 0 Å². The molecule has 0 aliphatic heterocycles. The maximum atomic E-state index is 11.8. The van der Waals surface area contributed by atoms with E-state index < -0.39 is 20.6 Å². The topological polar surface area (TPSA) is 51.2 Å². The second-order valence-electron chi connectivity index (χ2n) is 7.24. The minimum Gasteiger partial charge on any atom is -0.260 e. The van der Waals surface area contributed by atoms with Crippen molar-refractivity contribution < 1.29 is 12.6 Å². The van der Waals surface area contributed by atoms with E-state index in [9.17, 15) is 12.6 Å². The van der Waals surface area contributed by atoms with Crippen molar-refractivity contribution in [2.75, 3.05) is 23.0 Å². The Morgan fingerprint density at radius 2 is 0.920 bits per heavy atom. The molecule has 0 saturated carbocycles. The van der Waals surface area contributed by atoms with E-state index in [1.54, 1.807) is 0 Å². The molecule has 0 aliphatic rings. The molecule has 0 rings (SSSR count). The Hall–Kier alpha value is 0.1000. The molecule has 0 bridgehead atoms. The van der Waals surface area contributed by atoms with Crippen molar-refractivity contribution in [2.45, 2.75) is 104 Å². The van der Waals surface area contributed by atoms with Crippen molar-refractivity contribution in [3.63, 3.8) is 0 Å². The van der Waals surface area contributed by atoms with Gasteiger partial charge in [-0.25, -0.2) is 8.42 Å². The fourth-order valence-corrected chi connectivity index (χ4v) is 5.68. The lowest BCUT2D eigenvalue weighted by atomic mass is 10.1. The van der Waals surface area contributed by atoms with Crippen LogP contribution in [-0.2, 0) is 20.6 Å². The largest absolute Gasteiger partial charge is 0.260 e. The van der Waals surface area contributed by atoms with Crippen LogP contribution in [0.3, 0.4) is 0 Å². The Kier molecular flexibility index (Phi) is 17.6. The van der Waals surface area contributed by atoms with Crippen LogP contribution in [0.2, 0.25) is 0 Å². The number of hydrogen-bond donors (Lipinski definition) is 0. The van der Waals surface area contributed by atoms with E-state index in [0.29, 0.717) is 11.5 Å². The first-order valence-corrected chi connectivity index (χ1v) is 13.9. The Morgan fingerprint density at radius 3 is 1.44 bits per heavy atom. The molecular weight excluding hydrogens is 352 g/mol. The van der Waals surface area contributed by atoms with Gasteiger partial charge in [-0.05, 0) is 25.7 Å². The third-order valence-electron chi connectivity index (χ3n) is 4.61. The standard InChI is InChI=1S/C20H42O3S2/c1-3-5-13-17-24(21)18-14-11-9-7-8-10-12-16-20-25(22,23)19-15-6-4-2/h3-20H2,1-2H3. The predicted octanol–water partition coefficient (Wildman–Crippen LogP) is 5.65. The molecule has 0 aromatic rings. The van der Waals surface area contributed by atoms with Gasteiger partial charge in [0, 0.05) is 22.3 Å². The summed E-state index contributed by atoms with van der Waals surface area (Å²) in [7, 11) is -3.41. The summed E-state index contributed by atoms with van der Waals surface area (Å²) in [6.07, 6.45) is 15.4. The molecule has 152 valence electrons. The van der Waals surface area contributed by atoms with Gasteiger partial charge in [0.2, 0.25) is 0 Å². The zero-order chi connectivity index (χ0) is 18.8. The monoisotopic (exact) mass is 394 g/mol. The Labute approximate surface area is 160 Å². The van der Waals surface area contributed by atoms with Crippen molar-refractivity contribution >= 4 is 20.6 Å². The summed E-state index contributed by atoms with van der Waals surface area (Å²) < 4.78 is 35.4. The maximum Gasteiger partial charge on any atom is 0.150 e. The van der Waals surface area contributed by atoms with Crippen LogP contribution in [0.15, 0.2) is 0 Å². The third kappa shape index (κ3) is 18.7. The van der Waals surface area contributed by atoms with Crippen molar-refractivity contribution in [1.82, 2.24) is 0 Å². The van der Waals surface area contributed by atoms with Crippen molar-refractivity contribution in [3.8, 4) is 0 Å². The summed E-state index contributed by atoms with van der Waals surface area (Å²) in [4.78, 5) is 0. The van der Waals surface area contributed by atoms with Gasteiger partial charge in [-0.1, -0.05) is 78.1 Å². The molecule has 0 aliphatic carbocycles. The van der Waals surface area contributed by atoms with E-state index in [2.05, 4.69) is 13.8 Å². The van der Waals surface area contributed by atoms with Gasteiger partial charge in [-0.3, -0.25) is 4.21 Å². The van der Waals surface area contributed by atoms with Crippen LogP contribution in [0.1, 0.15) is 104 Å². The van der Waals surface area contributed by atoms with Crippen molar-refractivity contribution in [1.29, 1.82) is 0 Å². The highest BCUT2D eigenvalue weighted by Crippen LogP contribution is 2.11. The first kappa shape index (κ1) is 25.1. The summed E-state index contributed by atoms with van der Waals surface area (Å²) in [5.74, 6) is 2.51. The zero-order valence-electron chi connectivity index (χ0n) is 16.8. The molecule has 5 heteroatoms. The minimum absolute atomic E-state index is 0.376. The van der Waals surface area contributed by atoms with Crippen LogP contribution in [0.5, 0.6) is 0 Å². The van der Waals surface area contributed by atoms with E-state index in [4.69, 9.17) is 0 Å². The molecule has 1 unspecified atom stereocenters. The fraction of sp³-hybridized carbons (Fsp3) is 1.00. The highest BCUT2D eigenvalue weighted by atomic mass is 32.2. The van der Waals surface area contributed by atoms with Gasteiger partial charge < -0.3 is 0 Å². The van der Waals surface area contributed by atoms with E-state index in [1.807, 2.05) is 0 Å². The van der Waals surface area contributed by atoms with Gasteiger partial charge in [0.1, 0.15) is 9.84 Å². The normalized spacial score (nSPS) is 13.2. The number of hydrogen-bond acceptors (Lipinski definition) is 3. The SMILES string of the molecule is CCCCCS(=O)CCCCCCCCCCS(=O)(=O)CCCCC. The lowest BCUT2D eigenvalue weighted by molar-refractivity contribution is 0.570. The zero-order valence-corrected chi connectivity index (χ0v) is 18.4. The fourth-order valence-electron chi connectivity index (χ4n) is 2.93. The molecule has 0 heterocycles. The first-order chi connectivity index (χ1) is 12.0. The summed E-state index contributed by atoms with van der Waals surface area (Å²) in [6.45, 7) is 4.27. The molecule has 3 nitrogen and oxygen atoms in total. The number of sulfone groups is 1.